The number of aromatic nitrogens is 3. The number of fused-ring (bicyclic) bond motifs is 2. The van der Waals surface area contributed by atoms with E-state index >= 15 is 8.78 Å². The van der Waals surface area contributed by atoms with Gasteiger partial charge in [0.25, 0.3) is 5.91 Å². The van der Waals surface area contributed by atoms with Gasteiger partial charge in [-0.3, -0.25) is 15.0 Å². The predicted molar refractivity (Wildman–Crippen MR) is 184 cm³/mol. The van der Waals surface area contributed by atoms with Gasteiger partial charge in [0.15, 0.2) is 5.82 Å². The Balaban J connectivity index is 1.39. The number of pyridine rings is 1. The average molecular weight is 730 g/mol. The fourth-order valence-corrected chi connectivity index (χ4v) is 8.45. The lowest BCUT2D eigenvalue weighted by atomic mass is 9.95. The van der Waals surface area contributed by atoms with Crippen molar-refractivity contribution in [2.45, 2.75) is 69.8 Å². The third-order valence-electron chi connectivity index (χ3n) is 9.61. The summed E-state index contributed by atoms with van der Waals surface area (Å²) < 4.78 is 64.4. The minimum Gasteiger partial charge on any atom is -0.475 e. The van der Waals surface area contributed by atoms with E-state index in [1.165, 1.54) is 6.07 Å². The maximum atomic E-state index is 17.1. The molecular weight excluding hydrogens is 691 g/mol. The molecule has 272 valence electrons. The van der Waals surface area contributed by atoms with Crippen LogP contribution in [0.5, 0.6) is 11.9 Å². The molecule has 4 N–H and O–H groups in total. The number of carbonyl (C=O) groups is 2. The number of benzene rings is 1. The molecule has 0 spiro atoms. The van der Waals surface area contributed by atoms with Crippen LogP contribution < -0.4 is 25.4 Å². The molecule has 6 heterocycles. The second-order valence-electron chi connectivity index (χ2n) is 14.2. The van der Waals surface area contributed by atoms with Gasteiger partial charge in [0, 0.05) is 37.6 Å². The van der Waals surface area contributed by atoms with Crippen molar-refractivity contribution in [3.8, 4) is 23.1 Å². The molecule has 3 atom stereocenters. The molecule has 3 aliphatic heterocycles. The minimum atomic E-state index is -1.01. The van der Waals surface area contributed by atoms with Crippen LogP contribution in [0.3, 0.4) is 0 Å². The second kappa shape index (κ2) is 12.9. The van der Waals surface area contributed by atoms with Gasteiger partial charge in [0.05, 0.1) is 21.8 Å². The molecule has 51 heavy (non-hydrogen) atoms. The summed E-state index contributed by atoms with van der Waals surface area (Å²) in [5, 5.41) is 12.3. The number of hydrogen-bond donors (Lipinski definition) is 3. The number of anilines is 2. The highest BCUT2D eigenvalue weighted by atomic mass is 32.1. The largest absolute Gasteiger partial charge is 0.475 e. The Morgan fingerprint density at radius 3 is 2.73 bits per heavy atom. The van der Waals surface area contributed by atoms with Crippen LogP contribution >= 0.6 is 11.3 Å². The SMILES string of the molecule is CN1c2nc(OC[C@@]34CCCN3C[C@H](F)C4)nc3c(F)c(-c4ccc(F)c5sc(NC(=O)OC(C)(C)C)c(C(N)=O)c45)nc(c23)OC[C@@H]1CCO. The Bertz CT molecular complexity index is 2060. The molecule has 3 aromatic heterocycles. The van der Waals surface area contributed by atoms with Crippen molar-refractivity contribution in [3.05, 3.63) is 29.3 Å². The molecule has 2 amide bonds. The molecule has 2 saturated heterocycles. The van der Waals surface area contributed by atoms with Crippen molar-refractivity contribution in [1.29, 1.82) is 0 Å². The van der Waals surface area contributed by atoms with Crippen molar-refractivity contribution in [2.24, 2.45) is 5.73 Å². The van der Waals surface area contributed by atoms with Gasteiger partial charge < -0.3 is 30.0 Å². The predicted octanol–water partition coefficient (Wildman–Crippen LogP) is 5.17. The van der Waals surface area contributed by atoms with Crippen LogP contribution in [-0.2, 0) is 4.74 Å². The molecule has 13 nitrogen and oxygen atoms in total. The standard InChI is InChI=1S/C34H38F3N7O6S/c1-33(2,3)50-32(47)42-30-21(27(38)46)20-18(6-7-19(36)26(20)51-30)24-23(37)25-22-28(43(4)17(8-11-45)14-48-29(22)39-24)41-31(40-25)49-15-34-9-5-10-44(34)13-16(35)12-34/h6-7,16-17,45H,5,8-15H2,1-4H3,(H2,38,46)(H,42,47)/t16-,17+,34+/m1/s1. The molecule has 4 aromatic rings. The zero-order valence-electron chi connectivity index (χ0n) is 28.5. The zero-order chi connectivity index (χ0) is 36.4. The van der Waals surface area contributed by atoms with E-state index in [2.05, 4.69) is 25.2 Å². The number of primary amides is 1. The molecule has 0 bridgehead atoms. The van der Waals surface area contributed by atoms with Gasteiger partial charge in [-0.15, -0.1) is 11.3 Å². The quantitative estimate of drug-likeness (QED) is 0.219. The van der Waals surface area contributed by atoms with Gasteiger partial charge in [0.2, 0.25) is 5.88 Å². The highest BCUT2D eigenvalue weighted by molar-refractivity contribution is 7.23. The Labute approximate surface area is 294 Å². The Hall–Kier alpha value is -4.48. The summed E-state index contributed by atoms with van der Waals surface area (Å²) in [6.45, 7) is 6.00. The van der Waals surface area contributed by atoms with Gasteiger partial charge >= 0.3 is 12.1 Å². The fraction of sp³-hybridized carbons (Fsp3) is 0.500. The van der Waals surface area contributed by atoms with E-state index in [-0.39, 0.29) is 80.3 Å². The van der Waals surface area contributed by atoms with Crippen molar-refractivity contribution < 1.29 is 42.1 Å². The summed E-state index contributed by atoms with van der Waals surface area (Å²) in [4.78, 5) is 43.1. The number of thiophene rings is 1. The molecular formula is C34H38F3N7O6S. The molecule has 1 aromatic carbocycles. The van der Waals surface area contributed by atoms with E-state index in [1.807, 2.05) is 0 Å². The molecule has 0 saturated carbocycles. The monoisotopic (exact) mass is 729 g/mol. The number of ether oxygens (including phenoxy) is 3. The van der Waals surface area contributed by atoms with Gasteiger partial charge in [-0.1, -0.05) is 0 Å². The minimum absolute atomic E-state index is 0.0134. The lowest BCUT2D eigenvalue weighted by Gasteiger charge is -2.31. The topological polar surface area (TPSA) is 165 Å². The van der Waals surface area contributed by atoms with Gasteiger partial charge in [-0.2, -0.15) is 9.97 Å². The normalized spacial score (nSPS) is 21.8. The molecule has 0 unspecified atom stereocenters. The summed E-state index contributed by atoms with van der Waals surface area (Å²) >= 11 is 0.737. The number of amides is 2. The molecule has 3 aliphatic rings. The second-order valence-corrected chi connectivity index (χ2v) is 15.2. The van der Waals surface area contributed by atoms with Crippen molar-refractivity contribution >= 4 is 55.1 Å². The lowest BCUT2D eigenvalue weighted by Crippen LogP contribution is -2.43. The number of hydrogen-bond acceptors (Lipinski definition) is 12. The molecule has 0 aliphatic carbocycles. The Morgan fingerprint density at radius 1 is 1.22 bits per heavy atom. The third kappa shape index (κ3) is 6.24. The number of carbonyl (C=O) groups excluding carboxylic acids is 2. The number of nitrogens with two attached hydrogens (primary N) is 1. The first-order chi connectivity index (χ1) is 24.2. The molecule has 0 radical (unpaired) electrons. The summed E-state index contributed by atoms with van der Waals surface area (Å²) in [7, 11) is 1.73. The molecule has 7 rings (SSSR count). The van der Waals surface area contributed by atoms with E-state index < -0.39 is 47.0 Å². The van der Waals surface area contributed by atoms with Crippen LogP contribution in [-0.4, -0.2) is 100 Å². The number of nitrogens with one attached hydrogen (secondary N) is 1. The van der Waals surface area contributed by atoms with Gasteiger partial charge in [-0.25, -0.2) is 22.9 Å². The Morgan fingerprint density at radius 2 is 2.00 bits per heavy atom. The number of nitrogens with zero attached hydrogens (tertiary/aromatic N) is 5. The maximum Gasteiger partial charge on any atom is 0.412 e. The van der Waals surface area contributed by atoms with E-state index in [1.54, 1.807) is 32.7 Å². The maximum absolute atomic E-state index is 17.1. The van der Waals surface area contributed by atoms with Crippen molar-refractivity contribution in [1.82, 2.24) is 19.9 Å². The van der Waals surface area contributed by atoms with Crippen LogP contribution in [0.2, 0.25) is 0 Å². The third-order valence-corrected chi connectivity index (χ3v) is 10.7. The molecule has 17 heteroatoms. The summed E-state index contributed by atoms with van der Waals surface area (Å²) in [6.07, 6.45) is 0.345. The number of rotatable bonds is 8. The smallest absolute Gasteiger partial charge is 0.412 e. The van der Waals surface area contributed by atoms with E-state index in [4.69, 9.17) is 19.9 Å². The lowest BCUT2D eigenvalue weighted by molar-refractivity contribution is 0.0636. The first-order valence-electron chi connectivity index (χ1n) is 16.6. The number of halogens is 3. The van der Waals surface area contributed by atoms with Crippen molar-refractivity contribution in [3.63, 3.8) is 0 Å². The van der Waals surface area contributed by atoms with E-state index in [0.29, 0.717) is 19.4 Å². The van der Waals surface area contributed by atoms with Crippen molar-refractivity contribution in [2.75, 3.05) is 50.2 Å². The fourth-order valence-electron chi connectivity index (χ4n) is 7.33. The summed E-state index contributed by atoms with van der Waals surface area (Å²) in [5.74, 6) is -2.48. The van der Waals surface area contributed by atoms with Gasteiger partial charge in [0.1, 0.15) is 58.2 Å². The highest BCUT2D eigenvalue weighted by Gasteiger charge is 2.49. The average Bonchev–Trinajstić information content (AvgIpc) is 3.69. The first kappa shape index (κ1) is 34.9. The zero-order valence-corrected chi connectivity index (χ0v) is 29.3. The molecule has 2 fully saturated rings. The van der Waals surface area contributed by atoms with Crippen LogP contribution in [0.15, 0.2) is 12.1 Å². The summed E-state index contributed by atoms with van der Waals surface area (Å²) in [5.41, 5.74) is 3.56. The number of alkyl halides is 1. The van der Waals surface area contributed by atoms with Crippen LogP contribution in [0, 0.1) is 11.6 Å². The Kier molecular flexibility index (Phi) is 8.86. The first-order valence-corrected chi connectivity index (χ1v) is 17.5. The number of likely N-dealkylation sites (N-methyl/N-ethyl adjacent to an activating group) is 1. The van der Waals surface area contributed by atoms with Crippen LogP contribution in [0.4, 0.5) is 28.8 Å². The van der Waals surface area contributed by atoms with Gasteiger partial charge in [-0.05, 0) is 58.7 Å². The highest BCUT2D eigenvalue weighted by Crippen LogP contribution is 2.46. The van der Waals surface area contributed by atoms with E-state index in [9.17, 15) is 19.1 Å². The number of aliphatic hydroxyl groups is 1. The number of aliphatic hydroxyl groups excluding tert-OH is 1. The van der Waals surface area contributed by atoms with Crippen LogP contribution in [0.1, 0.15) is 56.8 Å². The summed E-state index contributed by atoms with van der Waals surface area (Å²) in [6, 6.07) is 1.81. The van der Waals surface area contributed by atoms with Crippen LogP contribution in [0.25, 0.3) is 32.2 Å². The van der Waals surface area contributed by atoms with E-state index in [0.717, 1.165) is 36.8 Å².